The zero-order valence-corrected chi connectivity index (χ0v) is 68.1. The largest absolute Gasteiger partial charge is 0.370 e. The molecule has 26 heteroatoms. The highest BCUT2D eigenvalue weighted by Crippen LogP contribution is 2.37. The zero-order valence-electron chi connectivity index (χ0n) is 76.1. The molecule has 11 amide bonds. The molecule has 4 aromatic rings. The predicted molar refractivity (Wildman–Crippen MR) is 480 cm³/mol. The van der Waals surface area contributed by atoms with E-state index in [1.165, 1.54) is 0 Å². The number of hydrogen-bond acceptors (Lipinski definition) is 15. The van der Waals surface area contributed by atoms with Crippen LogP contribution in [-0.2, 0) is 75.2 Å². The van der Waals surface area contributed by atoms with E-state index in [0.717, 1.165) is 107 Å². The standard InChI is InChI=1S/C42H53N5O7.C41H52N6O8.C6H2.C5H4.2CH4.6H2/c43-39(51)34-13-7-8-22-44-41(53)35(25-29-16-18-31(19-17-29)38(50)30-11-5-2-6-12-30)47-42(54)36(24-27-9-3-1-4-10-27)46-40(52)32(23-28-14-15-28)26-33(48)20-21-37(49)45-34;42-35(49)20-18-30-25-31(48)19-21-36(50)45-32(38(43)52)13-7-8-22-44-40(54)33(47-41(55)34(46-39(30)53)23-26-9-3-1-4-10-26)24-27-14-16-29(17-15-27)37(51)28-11-5-2-6-12-28;1-3-5-6-4-2;1-3-5-4-2;;;;;;;;/h2,5-6,11-12,16-21,27-28,32,34-36H,1,3-4,7-10,13-15,22-26H2,(H2,43,51)(H,44,53)(H,45,49)(H,46,52)(H,47,54);2,5-6,11-12,14-17,19,21,26,30,32-34H,1,3-4,7-10,13,18,20,22-25H2,(H2,42,49)(H2,43,52)(H,44,54)(H,45,50)(H,46,53)(H,47,55);1-2H;1H,2H3;2*1H4;6*1H/t32-,34?,35?,36+;30-,32?,33?,34+;;;;;;;;;;/m11........../s1/i;;;;;;4*1+1D;2*1+1. The molecule has 0 bridgehead atoms. The number of allylic oxidation sites excluding steroid dienone is 2. The number of amides is 11. The van der Waals surface area contributed by atoms with Gasteiger partial charge in [-0.2, -0.15) is 0 Å². The minimum atomic E-state index is -1.07. The summed E-state index contributed by atoms with van der Waals surface area (Å²) < 4.78 is 40.0. The molecule has 3 saturated carbocycles. The van der Waals surface area contributed by atoms with Crippen molar-refractivity contribution in [1.82, 2.24) is 42.5 Å². The maximum atomic E-state index is 14.2. The third-order valence-electron chi connectivity index (χ3n) is 21.2. The topological polar surface area (TPSA) is 430 Å². The van der Waals surface area contributed by atoms with E-state index in [-0.39, 0.29) is 106 Å². The van der Waals surface area contributed by atoms with Gasteiger partial charge in [0.15, 0.2) is 23.1 Å². The molecule has 3 fully saturated rings. The molecule has 8 atom stereocenters. The lowest BCUT2D eigenvalue weighted by Crippen LogP contribution is -2.55. The fourth-order valence-electron chi connectivity index (χ4n) is 14.5. The first kappa shape index (κ1) is 94.5. The Morgan fingerprint density at radius 1 is 0.393 bits per heavy atom. The van der Waals surface area contributed by atoms with Gasteiger partial charge in [-0.15, -0.1) is 19.3 Å². The molecule has 9 rings (SSSR count). The van der Waals surface area contributed by atoms with Gasteiger partial charge in [0.25, 0.3) is 0 Å². The molecule has 660 valence electrons. The Morgan fingerprint density at radius 2 is 0.746 bits per heavy atom. The number of ketones is 4. The summed E-state index contributed by atoms with van der Waals surface area (Å²) in [7, 11) is 0. The second-order valence-electron chi connectivity index (χ2n) is 30.6. The molecule has 2 aliphatic heterocycles. The van der Waals surface area contributed by atoms with E-state index in [0.29, 0.717) is 78.7 Å². The molecular weight excluding hydrogens is 1550 g/mol. The molecule has 0 aromatic heterocycles. The van der Waals surface area contributed by atoms with E-state index in [1.807, 2.05) is 12.1 Å². The van der Waals surface area contributed by atoms with Crippen molar-refractivity contribution in [3.8, 4) is 60.7 Å². The number of rotatable bonds is 19. The third-order valence-corrected chi connectivity index (χ3v) is 21.2. The smallest absolute Gasteiger partial charge is 0.244 e. The van der Waals surface area contributed by atoms with Crippen LogP contribution in [0.3, 0.4) is 0 Å². The van der Waals surface area contributed by atoms with Crippen LogP contribution >= 0.6 is 0 Å². The highest BCUT2D eigenvalue weighted by atomic mass is 16.2. The maximum Gasteiger partial charge on any atom is 0.244 e. The molecular formula is C96H131N11O15. The normalized spacial score (nSPS) is 21.6. The van der Waals surface area contributed by atoms with Gasteiger partial charge in [0.1, 0.15) is 36.3 Å². The molecule has 122 heavy (non-hydrogen) atoms. The van der Waals surface area contributed by atoms with Gasteiger partial charge in [0.2, 0.25) is 65.0 Å². The zero-order chi connectivity index (χ0) is 95.1. The van der Waals surface area contributed by atoms with E-state index in [4.69, 9.17) is 48.3 Å². The summed E-state index contributed by atoms with van der Waals surface area (Å²) in [4.78, 5) is 197. The Labute approximate surface area is 733 Å². The fourth-order valence-corrected chi connectivity index (χ4v) is 14.5. The van der Waals surface area contributed by atoms with Gasteiger partial charge in [-0.05, 0) is 148 Å². The van der Waals surface area contributed by atoms with Crippen LogP contribution in [0.15, 0.2) is 133 Å². The lowest BCUT2D eigenvalue weighted by atomic mass is 9.84. The number of nitrogens with two attached hydrogens (primary N) is 3. The van der Waals surface area contributed by atoms with E-state index < -0.39 is 125 Å². The van der Waals surface area contributed by atoms with Crippen LogP contribution in [0.4, 0.5) is 0 Å². The Hall–Kier alpha value is -13.0. The van der Waals surface area contributed by atoms with Gasteiger partial charge in [-0.3, -0.25) is 71.9 Å². The lowest BCUT2D eigenvalue weighted by molar-refractivity contribution is -0.134. The van der Waals surface area contributed by atoms with Gasteiger partial charge in [-0.25, -0.2) is 0 Å². The molecule has 3 aliphatic carbocycles. The SMILES string of the molecule is C.C.C#CC#CC.C#CC#CC#C.NC(=O)C1CCCCNC(=O)C(Cc2ccc(C(=O)c3ccccc3)cc2)NC(=O)[C@H](CC2CCCCC2)NC(=O)[C@H](CC2CC2)CC(=O)C=CC(=O)N1.NC(=O)CC[C@@H]1CC(=O)C=CC(=O)NC(C(N)=O)CCCCNC(=O)C(Cc2ccc(C(=O)c3ccccc3)cc2)NC(=O)[C@H](CC2CCCCC2)NC1=O.[2HH].[2HH].[2H][2H].[2H][2H].[2H][2H].[2H][2H]. The summed E-state index contributed by atoms with van der Waals surface area (Å²) in [6, 6.07) is 25.4. The molecule has 4 unspecified atom stereocenters. The third kappa shape index (κ3) is 38.0. The van der Waals surface area contributed by atoms with Gasteiger partial charge >= 0.3 is 0 Å². The van der Waals surface area contributed by atoms with E-state index in [9.17, 15) is 71.9 Å². The van der Waals surface area contributed by atoms with Crippen molar-refractivity contribution in [2.45, 2.75) is 231 Å². The number of benzene rings is 4. The van der Waals surface area contributed by atoms with Gasteiger partial charge in [0.05, 0.1) is 0 Å². The molecule has 0 saturated heterocycles. The minimum absolute atomic E-state index is 0. The number of primary amides is 3. The minimum Gasteiger partial charge on any atom is -0.370 e. The molecule has 26 nitrogen and oxygen atoms in total. The average molecular weight is 1690 g/mol. The summed E-state index contributed by atoms with van der Waals surface area (Å²) in [5, 5.41) is 22.4. The first-order valence-electron chi connectivity index (χ1n) is 45.1. The van der Waals surface area contributed by atoms with Gasteiger partial charge in [0, 0.05) is 106 Å². The van der Waals surface area contributed by atoms with Gasteiger partial charge in [-0.1, -0.05) is 207 Å². The van der Waals surface area contributed by atoms with Gasteiger partial charge < -0.3 is 59.7 Å². The summed E-state index contributed by atoms with van der Waals surface area (Å²) in [5.74, 6) is 6.69. The van der Waals surface area contributed by atoms with Crippen LogP contribution in [0, 0.1) is 90.3 Å². The lowest BCUT2D eigenvalue weighted by Gasteiger charge is -2.29. The Kier molecular flexibility index (Phi) is 43.1. The Morgan fingerprint density at radius 3 is 1.10 bits per heavy atom. The van der Waals surface area contributed by atoms with Crippen molar-refractivity contribution in [1.29, 1.82) is 0 Å². The number of hydrogen-bond donors (Lipinski definition) is 11. The predicted octanol–water partition coefficient (Wildman–Crippen LogP) is 9.32. The summed E-state index contributed by atoms with van der Waals surface area (Å²) in [6.45, 7) is 2.13. The summed E-state index contributed by atoms with van der Waals surface area (Å²) in [6.07, 6.45) is 32.7. The molecule has 0 spiro atoms. The van der Waals surface area contributed by atoms with Crippen molar-refractivity contribution in [3.05, 3.63) is 167 Å². The first-order valence-corrected chi connectivity index (χ1v) is 41.1. The van der Waals surface area contributed by atoms with Crippen LogP contribution in [-0.4, -0.2) is 137 Å². The number of carbonyl (C=O) groups excluding carboxylic acids is 15. The van der Waals surface area contributed by atoms with Crippen molar-refractivity contribution in [3.63, 3.8) is 0 Å². The van der Waals surface area contributed by atoms with Crippen molar-refractivity contribution in [2.75, 3.05) is 13.1 Å². The van der Waals surface area contributed by atoms with Crippen LogP contribution in [0.1, 0.15) is 240 Å². The van der Waals surface area contributed by atoms with Crippen LogP contribution in [0.2, 0.25) is 0 Å². The molecule has 5 aliphatic rings. The van der Waals surface area contributed by atoms with Crippen molar-refractivity contribution < 1.29 is 86.6 Å². The van der Waals surface area contributed by atoms with Crippen LogP contribution < -0.4 is 59.7 Å². The second kappa shape index (κ2) is 55.7. The molecule has 4 aromatic carbocycles. The number of terminal acetylenes is 3. The van der Waals surface area contributed by atoms with Crippen molar-refractivity contribution in [2.24, 2.45) is 46.8 Å². The van der Waals surface area contributed by atoms with Crippen LogP contribution in [0.5, 0.6) is 0 Å². The quantitative estimate of drug-likeness (QED) is 0.0308. The number of carbonyl (C=O) groups is 15. The molecule has 0 radical (unpaired) electrons. The van der Waals surface area contributed by atoms with E-state index in [2.05, 4.69) is 84.0 Å². The average Bonchev–Trinajstić information content (AvgIpc) is 1.22. The maximum absolute atomic E-state index is 14.2. The number of nitrogens with one attached hydrogen (secondary N) is 8. The fraction of sp³-hybridized carbons (Fsp3) is 0.448. The highest BCUT2D eigenvalue weighted by Gasteiger charge is 2.37. The Balaban J connectivity index is -0.00000206. The van der Waals surface area contributed by atoms with E-state index >= 15 is 0 Å². The van der Waals surface area contributed by atoms with E-state index in [1.54, 1.807) is 104 Å². The molecule has 2 heterocycles. The monoisotopic (exact) mass is 1690 g/mol. The summed E-state index contributed by atoms with van der Waals surface area (Å²) in [5.41, 5.74) is 19.8. The Bertz CT molecular complexity index is 4570. The summed E-state index contributed by atoms with van der Waals surface area (Å²) >= 11 is 0. The van der Waals surface area contributed by atoms with Crippen LogP contribution in [0.25, 0.3) is 0 Å². The first-order chi connectivity index (χ1) is 61.8. The molecule has 14 N–H and O–H groups in total. The van der Waals surface area contributed by atoms with Crippen molar-refractivity contribution >= 4 is 88.1 Å². The highest BCUT2D eigenvalue weighted by molar-refractivity contribution is 6.10. The second-order valence-corrected chi connectivity index (χ2v) is 30.6.